The number of hydrogen-bond acceptors (Lipinski definition) is 3. The molecular formula is C12H11NO3. The van der Waals surface area contributed by atoms with Crippen LogP contribution in [0.4, 0.5) is 5.69 Å². The van der Waals surface area contributed by atoms with Crippen LogP contribution in [0.25, 0.3) is 0 Å². The number of benzene rings is 1. The highest BCUT2D eigenvalue weighted by Crippen LogP contribution is 2.26. The number of para-hydroxylation sites is 1. The molecule has 2 amide bonds. The van der Waals surface area contributed by atoms with Crippen LogP contribution in [0.15, 0.2) is 24.3 Å². The standard InChI is InChI=1S/C12H11NO3/c1-8(14)9-4-2-3-5-10(9)13-11(15)6-7-12(13)16/h2-5H,6-7H2,1H3. The lowest BCUT2D eigenvalue weighted by Crippen LogP contribution is -2.29. The van der Waals surface area contributed by atoms with E-state index in [2.05, 4.69) is 0 Å². The molecule has 0 bridgehead atoms. The average molecular weight is 217 g/mol. The lowest BCUT2D eigenvalue weighted by atomic mass is 10.1. The molecule has 82 valence electrons. The van der Waals surface area contributed by atoms with Gasteiger partial charge in [-0.2, -0.15) is 0 Å². The summed E-state index contributed by atoms with van der Waals surface area (Å²) in [7, 11) is 0. The summed E-state index contributed by atoms with van der Waals surface area (Å²) in [6.45, 7) is 1.42. The monoisotopic (exact) mass is 217 g/mol. The van der Waals surface area contributed by atoms with E-state index in [9.17, 15) is 14.4 Å². The number of carbonyl (C=O) groups excluding carboxylic acids is 3. The third kappa shape index (κ3) is 1.62. The fourth-order valence-electron chi connectivity index (χ4n) is 1.81. The summed E-state index contributed by atoms with van der Waals surface area (Å²) in [6, 6.07) is 6.67. The Balaban J connectivity index is 2.51. The van der Waals surface area contributed by atoms with Crippen molar-refractivity contribution >= 4 is 23.3 Å². The van der Waals surface area contributed by atoms with Crippen molar-refractivity contribution < 1.29 is 14.4 Å². The lowest BCUT2D eigenvalue weighted by Gasteiger charge is -2.16. The molecule has 0 aromatic heterocycles. The number of rotatable bonds is 2. The molecular weight excluding hydrogens is 206 g/mol. The Morgan fingerprint density at radius 1 is 1.12 bits per heavy atom. The molecule has 1 saturated heterocycles. The smallest absolute Gasteiger partial charge is 0.234 e. The van der Waals surface area contributed by atoms with Gasteiger partial charge in [0.05, 0.1) is 5.69 Å². The van der Waals surface area contributed by atoms with Crippen molar-refractivity contribution in [2.45, 2.75) is 19.8 Å². The maximum atomic E-state index is 11.6. The van der Waals surface area contributed by atoms with Crippen molar-refractivity contribution in [3.8, 4) is 0 Å². The predicted molar refractivity (Wildman–Crippen MR) is 58.2 cm³/mol. The van der Waals surface area contributed by atoms with E-state index in [1.807, 2.05) is 0 Å². The van der Waals surface area contributed by atoms with E-state index in [1.165, 1.54) is 6.92 Å². The van der Waals surface area contributed by atoms with E-state index in [4.69, 9.17) is 0 Å². The Morgan fingerprint density at radius 2 is 1.69 bits per heavy atom. The summed E-state index contributed by atoms with van der Waals surface area (Å²) in [5.74, 6) is -0.625. The third-order valence-corrected chi connectivity index (χ3v) is 2.58. The first kappa shape index (κ1) is 10.5. The number of carbonyl (C=O) groups is 3. The van der Waals surface area contributed by atoms with Crippen molar-refractivity contribution in [2.24, 2.45) is 0 Å². The van der Waals surface area contributed by atoms with Crippen LogP contribution in [0.1, 0.15) is 30.1 Å². The quantitative estimate of drug-likeness (QED) is 0.557. The zero-order valence-electron chi connectivity index (χ0n) is 8.90. The predicted octanol–water partition coefficient (Wildman–Crippen LogP) is 1.54. The summed E-state index contributed by atoms with van der Waals surface area (Å²) in [4.78, 5) is 35.6. The van der Waals surface area contributed by atoms with Crippen LogP contribution >= 0.6 is 0 Å². The maximum Gasteiger partial charge on any atom is 0.234 e. The van der Waals surface area contributed by atoms with Crippen LogP contribution in [0, 0.1) is 0 Å². The molecule has 0 unspecified atom stereocenters. The van der Waals surface area contributed by atoms with Gasteiger partial charge in [0, 0.05) is 18.4 Å². The van der Waals surface area contributed by atoms with Crippen LogP contribution in [0.2, 0.25) is 0 Å². The Morgan fingerprint density at radius 3 is 2.25 bits per heavy atom. The number of ketones is 1. The van der Waals surface area contributed by atoms with Crippen molar-refractivity contribution in [2.75, 3.05) is 4.90 Å². The molecule has 1 fully saturated rings. The van der Waals surface area contributed by atoms with Gasteiger partial charge >= 0.3 is 0 Å². The van der Waals surface area contributed by atoms with Crippen LogP contribution in [0.5, 0.6) is 0 Å². The van der Waals surface area contributed by atoms with E-state index in [-0.39, 0.29) is 30.4 Å². The van der Waals surface area contributed by atoms with E-state index >= 15 is 0 Å². The van der Waals surface area contributed by atoms with Crippen LogP contribution in [-0.4, -0.2) is 17.6 Å². The number of amides is 2. The highest BCUT2D eigenvalue weighted by atomic mass is 16.2. The van der Waals surface area contributed by atoms with Gasteiger partial charge in [0.1, 0.15) is 0 Å². The fourth-order valence-corrected chi connectivity index (χ4v) is 1.81. The minimum Gasteiger partial charge on any atom is -0.294 e. The van der Waals surface area contributed by atoms with Gasteiger partial charge in [-0.3, -0.25) is 14.4 Å². The van der Waals surface area contributed by atoms with Gasteiger partial charge in [0.25, 0.3) is 0 Å². The molecule has 1 aromatic carbocycles. The topological polar surface area (TPSA) is 54.5 Å². The SMILES string of the molecule is CC(=O)c1ccccc1N1C(=O)CCC1=O. The van der Waals surface area contributed by atoms with Gasteiger partial charge in [0.2, 0.25) is 11.8 Å². The van der Waals surface area contributed by atoms with Crippen LogP contribution < -0.4 is 4.90 Å². The fraction of sp³-hybridized carbons (Fsp3) is 0.250. The minimum absolute atomic E-state index is 0.150. The first-order valence-corrected chi connectivity index (χ1v) is 5.07. The number of hydrogen-bond donors (Lipinski definition) is 0. The summed E-state index contributed by atoms with van der Waals surface area (Å²) >= 11 is 0. The highest BCUT2D eigenvalue weighted by molar-refractivity contribution is 6.22. The molecule has 0 radical (unpaired) electrons. The molecule has 1 aliphatic rings. The van der Waals surface area contributed by atoms with Crippen molar-refractivity contribution in [3.05, 3.63) is 29.8 Å². The molecule has 4 heteroatoms. The highest BCUT2D eigenvalue weighted by Gasteiger charge is 2.32. The number of Topliss-reactive ketones (excluding diaryl/α,β-unsaturated/α-hetero) is 1. The zero-order valence-corrected chi connectivity index (χ0v) is 8.90. The van der Waals surface area contributed by atoms with Crippen molar-refractivity contribution in [3.63, 3.8) is 0 Å². The molecule has 1 heterocycles. The van der Waals surface area contributed by atoms with Crippen LogP contribution in [-0.2, 0) is 9.59 Å². The summed E-state index contributed by atoms with van der Waals surface area (Å²) in [6.07, 6.45) is 0.455. The molecule has 16 heavy (non-hydrogen) atoms. The first-order chi connectivity index (χ1) is 7.61. The Hall–Kier alpha value is -1.97. The van der Waals surface area contributed by atoms with Gasteiger partial charge in [-0.1, -0.05) is 12.1 Å². The van der Waals surface area contributed by atoms with Gasteiger partial charge in [-0.25, -0.2) is 4.90 Å². The molecule has 0 N–H and O–H groups in total. The Bertz CT molecular complexity index is 463. The summed E-state index contributed by atoms with van der Waals surface area (Å²) in [5.41, 5.74) is 0.814. The average Bonchev–Trinajstić information content (AvgIpc) is 2.58. The molecule has 1 aliphatic heterocycles. The second-order valence-corrected chi connectivity index (χ2v) is 3.70. The number of imide groups is 1. The Labute approximate surface area is 92.9 Å². The van der Waals surface area contributed by atoms with Crippen LogP contribution in [0.3, 0.4) is 0 Å². The lowest BCUT2D eigenvalue weighted by molar-refractivity contribution is -0.121. The van der Waals surface area contributed by atoms with E-state index in [0.717, 1.165) is 4.90 Å². The largest absolute Gasteiger partial charge is 0.294 e. The first-order valence-electron chi connectivity index (χ1n) is 5.07. The number of anilines is 1. The second-order valence-electron chi connectivity index (χ2n) is 3.70. The van der Waals surface area contributed by atoms with Gasteiger partial charge in [0.15, 0.2) is 5.78 Å². The second kappa shape index (κ2) is 3.89. The van der Waals surface area contributed by atoms with Crippen molar-refractivity contribution in [1.82, 2.24) is 0 Å². The maximum absolute atomic E-state index is 11.6. The zero-order chi connectivity index (χ0) is 11.7. The van der Waals surface area contributed by atoms with E-state index < -0.39 is 0 Å². The van der Waals surface area contributed by atoms with E-state index in [1.54, 1.807) is 24.3 Å². The molecule has 0 saturated carbocycles. The molecule has 1 aromatic rings. The molecule has 0 spiro atoms. The molecule has 0 aliphatic carbocycles. The normalized spacial score (nSPS) is 15.7. The number of nitrogens with zero attached hydrogens (tertiary/aromatic N) is 1. The molecule has 4 nitrogen and oxygen atoms in total. The Kier molecular flexibility index (Phi) is 2.56. The van der Waals surface area contributed by atoms with Gasteiger partial charge in [-0.05, 0) is 19.1 Å². The van der Waals surface area contributed by atoms with E-state index in [0.29, 0.717) is 11.3 Å². The molecule has 2 rings (SSSR count). The summed E-state index contributed by atoms with van der Waals surface area (Å²) in [5, 5.41) is 0. The third-order valence-electron chi connectivity index (χ3n) is 2.58. The van der Waals surface area contributed by atoms with Gasteiger partial charge in [-0.15, -0.1) is 0 Å². The summed E-state index contributed by atoms with van der Waals surface area (Å²) < 4.78 is 0. The van der Waals surface area contributed by atoms with Crippen molar-refractivity contribution in [1.29, 1.82) is 0 Å². The minimum atomic E-state index is -0.237. The van der Waals surface area contributed by atoms with Gasteiger partial charge < -0.3 is 0 Å². The molecule has 0 atom stereocenters.